The third-order valence-electron chi connectivity index (χ3n) is 5.40. The molecule has 0 atom stereocenters. The van der Waals surface area contributed by atoms with Gasteiger partial charge in [0.25, 0.3) is 0 Å². The molecule has 2 aromatic heterocycles. The van der Waals surface area contributed by atoms with Crippen LogP contribution in [0, 0.1) is 6.92 Å². The number of nitrogens with one attached hydrogen (secondary N) is 2. The number of aromatic nitrogens is 2. The molecule has 2 N–H and O–H groups in total. The van der Waals surface area contributed by atoms with Gasteiger partial charge >= 0.3 is 0 Å². The van der Waals surface area contributed by atoms with Crippen LogP contribution in [0.5, 0.6) is 0 Å². The zero-order chi connectivity index (χ0) is 19.5. The van der Waals surface area contributed by atoms with Crippen molar-refractivity contribution < 1.29 is 0 Å². The summed E-state index contributed by atoms with van der Waals surface area (Å²) in [5.41, 5.74) is 0. The van der Waals surface area contributed by atoms with Crippen LogP contribution in [0.15, 0.2) is 36.4 Å². The molecule has 0 bridgehead atoms. The second-order valence-electron chi connectivity index (χ2n) is 7.88. The number of benzene rings is 1. The van der Waals surface area contributed by atoms with Crippen molar-refractivity contribution in [3.8, 4) is 0 Å². The Morgan fingerprint density at radius 1 is 1.04 bits per heavy atom. The average molecular weight is 396 g/mol. The summed E-state index contributed by atoms with van der Waals surface area (Å²) in [7, 11) is 4.03. The van der Waals surface area contributed by atoms with Crippen LogP contribution in [0.25, 0.3) is 10.1 Å². The minimum atomic E-state index is 0.492. The summed E-state index contributed by atoms with van der Waals surface area (Å²) in [5.74, 6) is 2.71. The fraction of sp³-hybridized carbons (Fsp3) is 0.455. The zero-order valence-electron chi connectivity index (χ0n) is 16.9. The first-order chi connectivity index (χ1) is 13.6. The number of fused-ring (bicyclic) bond motifs is 1. The van der Waals surface area contributed by atoms with Gasteiger partial charge in [-0.15, -0.1) is 11.3 Å². The molecule has 1 aliphatic rings. The highest BCUT2D eigenvalue weighted by molar-refractivity contribution is 7.19. The molecule has 0 unspecified atom stereocenters. The minimum Gasteiger partial charge on any atom is -0.367 e. The van der Waals surface area contributed by atoms with Crippen LogP contribution in [-0.2, 0) is 6.54 Å². The van der Waals surface area contributed by atoms with Gasteiger partial charge in [-0.1, -0.05) is 18.2 Å². The predicted molar refractivity (Wildman–Crippen MR) is 119 cm³/mol. The third kappa shape index (κ3) is 4.62. The van der Waals surface area contributed by atoms with Crippen molar-refractivity contribution in [3.05, 3.63) is 47.1 Å². The van der Waals surface area contributed by atoms with Crippen molar-refractivity contribution in [2.45, 2.75) is 51.2 Å². The molecule has 0 amide bonds. The molecule has 148 valence electrons. The van der Waals surface area contributed by atoms with Crippen molar-refractivity contribution in [2.24, 2.45) is 0 Å². The van der Waals surface area contributed by atoms with E-state index in [4.69, 9.17) is 0 Å². The lowest BCUT2D eigenvalue weighted by molar-refractivity contribution is 0.353. The van der Waals surface area contributed by atoms with Crippen LogP contribution in [0.2, 0.25) is 0 Å². The lowest BCUT2D eigenvalue weighted by atomic mass is 9.91. The van der Waals surface area contributed by atoms with E-state index in [-0.39, 0.29) is 0 Å². The van der Waals surface area contributed by atoms with E-state index in [1.165, 1.54) is 40.6 Å². The Kier molecular flexibility index (Phi) is 5.78. The van der Waals surface area contributed by atoms with Crippen LogP contribution in [0.4, 0.5) is 11.6 Å². The summed E-state index contributed by atoms with van der Waals surface area (Å²) in [4.78, 5) is 12.5. The summed E-state index contributed by atoms with van der Waals surface area (Å²) < 4.78 is 1.38. The van der Waals surface area contributed by atoms with E-state index < -0.39 is 0 Å². The van der Waals surface area contributed by atoms with Gasteiger partial charge in [-0.3, -0.25) is 0 Å². The summed E-state index contributed by atoms with van der Waals surface area (Å²) in [6, 6.07) is 14.1. The molecule has 0 spiro atoms. The van der Waals surface area contributed by atoms with Crippen LogP contribution in [0.3, 0.4) is 0 Å². The normalized spacial score (nSPS) is 19.7. The minimum absolute atomic E-state index is 0.492. The highest BCUT2D eigenvalue weighted by atomic mass is 32.1. The number of thiophene rings is 1. The smallest absolute Gasteiger partial charge is 0.133 e. The molecule has 6 heteroatoms. The molecule has 1 aliphatic carbocycles. The molecule has 5 nitrogen and oxygen atoms in total. The Bertz CT molecular complexity index is 895. The molecule has 3 aromatic rings. The molecule has 28 heavy (non-hydrogen) atoms. The first-order valence-corrected chi connectivity index (χ1v) is 10.9. The summed E-state index contributed by atoms with van der Waals surface area (Å²) in [6.07, 6.45) is 4.75. The summed E-state index contributed by atoms with van der Waals surface area (Å²) >= 11 is 1.90. The van der Waals surface area contributed by atoms with Gasteiger partial charge in [0.05, 0.1) is 0 Å². The van der Waals surface area contributed by atoms with E-state index in [0.29, 0.717) is 12.1 Å². The van der Waals surface area contributed by atoms with E-state index >= 15 is 0 Å². The van der Waals surface area contributed by atoms with E-state index in [9.17, 15) is 0 Å². The second-order valence-corrected chi connectivity index (χ2v) is 9.05. The van der Waals surface area contributed by atoms with E-state index in [1.54, 1.807) is 0 Å². The van der Waals surface area contributed by atoms with Gasteiger partial charge < -0.3 is 15.5 Å². The molecule has 0 aliphatic heterocycles. The van der Waals surface area contributed by atoms with E-state index in [0.717, 1.165) is 24.0 Å². The average Bonchev–Trinajstić information content (AvgIpc) is 3.10. The van der Waals surface area contributed by atoms with Gasteiger partial charge in [-0.2, -0.15) is 0 Å². The van der Waals surface area contributed by atoms with Gasteiger partial charge in [0.2, 0.25) is 0 Å². The lowest BCUT2D eigenvalue weighted by Gasteiger charge is -2.30. The van der Waals surface area contributed by atoms with Gasteiger partial charge in [0, 0.05) is 48.4 Å². The van der Waals surface area contributed by atoms with Gasteiger partial charge in [0.1, 0.15) is 17.5 Å². The number of rotatable bonds is 6. The van der Waals surface area contributed by atoms with Crippen molar-refractivity contribution in [1.29, 1.82) is 0 Å². The van der Waals surface area contributed by atoms with Gasteiger partial charge in [-0.25, -0.2) is 9.97 Å². The van der Waals surface area contributed by atoms with Crippen LogP contribution >= 0.6 is 11.3 Å². The molecule has 0 saturated heterocycles. The van der Waals surface area contributed by atoms with Crippen LogP contribution in [-0.4, -0.2) is 36.1 Å². The summed E-state index contributed by atoms with van der Waals surface area (Å²) in [5, 5.41) is 8.75. The molecule has 1 saturated carbocycles. The van der Waals surface area contributed by atoms with Crippen molar-refractivity contribution in [2.75, 3.05) is 24.3 Å². The Morgan fingerprint density at radius 3 is 2.54 bits per heavy atom. The predicted octanol–water partition coefficient (Wildman–Crippen LogP) is 4.58. The number of nitrogens with zero attached hydrogens (tertiary/aromatic N) is 3. The van der Waals surface area contributed by atoms with E-state index in [1.807, 2.05) is 43.3 Å². The topological polar surface area (TPSA) is 53.1 Å². The van der Waals surface area contributed by atoms with Crippen molar-refractivity contribution in [1.82, 2.24) is 15.3 Å². The van der Waals surface area contributed by atoms with Crippen molar-refractivity contribution in [3.63, 3.8) is 0 Å². The van der Waals surface area contributed by atoms with E-state index in [2.05, 4.69) is 50.9 Å². The molecule has 0 radical (unpaired) electrons. The highest BCUT2D eigenvalue weighted by Gasteiger charge is 2.21. The molecule has 2 heterocycles. The van der Waals surface area contributed by atoms with Crippen LogP contribution < -0.4 is 15.5 Å². The van der Waals surface area contributed by atoms with Crippen LogP contribution in [0.1, 0.15) is 36.4 Å². The highest BCUT2D eigenvalue weighted by Crippen LogP contribution is 2.27. The van der Waals surface area contributed by atoms with Gasteiger partial charge in [0.15, 0.2) is 0 Å². The molecule has 1 fully saturated rings. The maximum absolute atomic E-state index is 4.56. The Hall–Kier alpha value is -2.18. The lowest BCUT2D eigenvalue weighted by Crippen LogP contribution is -2.36. The Morgan fingerprint density at radius 2 is 1.79 bits per heavy atom. The third-order valence-corrected chi connectivity index (χ3v) is 6.52. The molecular weight excluding hydrogens is 366 g/mol. The molecule has 1 aromatic carbocycles. The second kappa shape index (κ2) is 8.45. The summed E-state index contributed by atoms with van der Waals surface area (Å²) in [6.45, 7) is 2.92. The SMILES string of the molecule is Cc1nc(NC2CCC(NCc3cc4ccccc4s3)CC2)cc(N(C)C)n1. The van der Waals surface area contributed by atoms with Gasteiger partial charge in [-0.05, 0) is 50.1 Å². The zero-order valence-corrected chi connectivity index (χ0v) is 17.7. The number of aryl methyl sites for hydroxylation is 1. The molecule has 4 rings (SSSR count). The standard InChI is InChI=1S/C22H29N5S/c1-15-24-21(13-22(25-15)27(2)3)26-18-10-8-17(9-11-18)23-14-19-12-16-6-4-5-7-20(16)28-19/h4-7,12-13,17-18,23H,8-11,14H2,1-3H3,(H,24,25,26). The molecular formula is C22H29N5S. The fourth-order valence-corrected chi connectivity index (χ4v) is 4.89. The first kappa shape index (κ1) is 19.2. The maximum atomic E-state index is 4.56. The largest absolute Gasteiger partial charge is 0.367 e. The monoisotopic (exact) mass is 395 g/mol. The Labute approximate surface area is 171 Å². The number of hydrogen-bond acceptors (Lipinski definition) is 6. The quantitative estimate of drug-likeness (QED) is 0.640. The fourth-order valence-electron chi connectivity index (χ4n) is 3.87. The number of hydrogen-bond donors (Lipinski definition) is 2. The maximum Gasteiger partial charge on any atom is 0.133 e. The number of anilines is 2. The van der Waals surface area contributed by atoms with Crippen molar-refractivity contribution >= 4 is 33.1 Å². The first-order valence-electron chi connectivity index (χ1n) is 10.1. The Balaban J connectivity index is 1.27.